The Morgan fingerprint density at radius 1 is 1.30 bits per heavy atom. The highest BCUT2D eigenvalue weighted by atomic mass is 16.5. The zero-order chi connectivity index (χ0) is 16.7. The second-order valence-corrected chi connectivity index (χ2v) is 5.43. The minimum atomic E-state index is -0.957. The highest BCUT2D eigenvalue weighted by Crippen LogP contribution is 2.16. The van der Waals surface area contributed by atoms with E-state index in [0.717, 1.165) is 0 Å². The molecule has 0 aromatic heterocycles. The van der Waals surface area contributed by atoms with E-state index in [9.17, 15) is 14.7 Å². The largest absolute Gasteiger partial charge is 0.497 e. The molecular weight excluding hydrogens is 300 g/mol. The minimum absolute atomic E-state index is 0.0568. The van der Waals surface area contributed by atoms with Crippen LogP contribution in [0, 0.1) is 5.92 Å². The molecule has 1 aromatic carbocycles. The number of carboxylic acids is 1. The Morgan fingerprint density at radius 2 is 1.96 bits per heavy atom. The van der Waals surface area contributed by atoms with E-state index in [1.54, 1.807) is 31.4 Å². The van der Waals surface area contributed by atoms with Crippen molar-refractivity contribution >= 4 is 17.6 Å². The molecule has 0 unspecified atom stereocenters. The van der Waals surface area contributed by atoms with Gasteiger partial charge in [-0.1, -0.05) is 0 Å². The molecule has 23 heavy (non-hydrogen) atoms. The van der Waals surface area contributed by atoms with Gasteiger partial charge in [-0.05, 0) is 24.3 Å². The first kappa shape index (κ1) is 17.2. The Bertz CT molecular complexity index is 526. The Morgan fingerprint density at radius 3 is 2.52 bits per heavy atom. The Kier molecular flexibility index (Phi) is 6.37. The van der Waals surface area contributed by atoms with Crippen LogP contribution in [0.25, 0.3) is 0 Å². The van der Waals surface area contributed by atoms with Crippen molar-refractivity contribution in [2.45, 2.75) is 6.42 Å². The molecule has 1 saturated heterocycles. The van der Waals surface area contributed by atoms with Gasteiger partial charge >= 0.3 is 5.97 Å². The highest BCUT2D eigenvalue weighted by molar-refractivity contribution is 5.93. The molecule has 0 spiro atoms. The zero-order valence-corrected chi connectivity index (χ0v) is 13.2. The lowest BCUT2D eigenvalue weighted by Crippen LogP contribution is -2.41. The molecule has 1 aromatic rings. The van der Waals surface area contributed by atoms with Gasteiger partial charge in [0, 0.05) is 31.7 Å². The van der Waals surface area contributed by atoms with Crippen LogP contribution in [0.2, 0.25) is 0 Å². The first-order chi connectivity index (χ1) is 11.1. The van der Waals surface area contributed by atoms with Gasteiger partial charge in [0.1, 0.15) is 5.75 Å². The normalized spacial score (nSPS) is 16.6. The molecular formula is C16H22N2O5. The van der Waals surface area contributed by atoms with Crippen molar-refractivity contribution in [1.29, 1.82) is 0 Å². The summed E-state index contributed by atoms with van der Waals surface area (Å²) in [7, 11) is 1.57. The summed E-state index contributed by atoms with van der Waals surface area (Å²) in [5.41, 5.74) is 0.617. The average Bonchev–Trinajstić information content (AvgIpc) is 2.56. The third kappa shape index (κ3) is 5.54. The number of nitrogens with one attached hydrogen (secondary N) is 1. The maximum Gasteiger partial charge on any atom is 0.308 e. The average molecular weight is 322 g/mol. The first-order valence-electron chi connectivity index (χ1n) is 7.55. The van der Waals surface area contributed by atoms with Gasteiger partial charge in [0.05, 0.1) is 26.2 Å². The molecule has 7 heteroatoms. The number of benzene rings is 1. The van der Waals surface area contributed by atoms with Gasteiger partial charge in [0.15, 0.2) is 0 Å². The first-order valence-corrected chi connectivity index (χ1v) is 7.55. The quantitative estimate of drug-likeness (QED) is 0.780. The van der Waals surface area contributed by atoms with Gasteiger partial charge in [-0.3, -0.25) is 14.5 Å². The summed E-state index contributed by atoms with van der Waals surface area (Å²) < 4.78 is 10.3. The topological polar surface area (TPSA) is 88.1 Å². The Balaban J connectivity index is 1.87. The van der Waals surface area contributed by atoms with E-state index in [2.05, 4.69) is 5.32 Å². The van der Waals surface area contributed by atoms with Crippen LogP contribution in [0.3, 0.4) is 0 Å². The number of nitrogens with zero attached hydrogens (tertiary/aromatic N) is 1. The molecule has 0 saturated carbocycles. The number of carbonyl (C=O) groups is 2. The van der Waals surface area contributed by atoms with Crippen LogP contribution in [-0.2, 0) is 14.3 Å². The number of methoxy groups -OCH3 is 1. The van der Waals surface area contributed by atoms with Crippen molar-refractivity contribution in [2.24, 2.45) is 5.92 Å². The van der Waals surface area contributed by atoms with Crippen molar-refractivity contribution in [3.05, 3.63) is 24.3 Å². The zero-order valence-electron chi connectivity index (χ0n) is 13.2. The van der Waals surface area contributed by atoms with Crippen LogP contribution >= 0.6 is 0 Å². The number of anilines is 1. The molecule has 1 heterocycles. The SMILES string of the molecule is COc1ccc(NC(=O)C[C@@H](CN2CCOCC2)C(=O)O)cc1. The Labute approximate surface area is 135 Å². The van der Waals surface area contributed by atoms with Gasteiger partial charge in [-0.15, -0.1) is 0 Å². The predicted octanol–water partition coefficient (Wildman–Crippen LogP) is 1.06. The summed E-state index contributed by atoms with van der Waals surface area (Å²) in [6.07, 6.45) is -0.0568. The molecule has 2 rings (SSSR count). The molecule has 0 aliphatic carbocycles. The number of carboxylic acid groups (broad SMARTS) is 1. The van der Waals surface area contributed by atoms with Gasteiger partial charge < -0.3 is 19.9 Å². The molecule has 1 fully saturated rings. The van der Waals surface area contributed by atoms with Crippen LogP contribution in [0.5, 0.6) is 5.75 Å². The lowest BCUT2D eigenvalue weighted by atomic mass is 10.0. The smallest absolute Gasteiger partial charge is 0.308 e. The molecule has 0 bridgehead atoms. The number of carbonyl (C=O) groups excluding carboxylic acids is 1. The number of rotatable bonds is 7. The summed E-state index contributed by atoms with van der Waals surface area (Å²) in [6, 6.07) is 6.90. The van der Waals surface area contributed by atoms with Gasteiger partial charge in [-0.25, -0.2) is 0 Å². The lowest BCUT2D eigenvalue weighted by Gasteiger charge is -2.28. The van der Waals surface area contributed by atoms with E-state index in [1.165, 1.54) is 0 Å². The summed E-state index contributed by atoms with van der Waals surface area (Å²) in [5, 5.41) is 12.0. The van der Waals surface area contributed by atoms with E-state index in [0.29, 0.717) is 44.3 Å². The van der Waals surface area contributed by atoms with E-state index < -0.39 is 11.9 Å². The summed E-state index contributed by atoms with van der Waals surface area (Å²) in [5.74, 6) is -1.30. The van der Waals surface area contributed by atoms with Crippen molar-refractivity contribution < 1.29 is 24.2 Å². The molecule has 126 valence electrons. The number of aliphatic carboxylic acids is 1. The fourth-order valence-corrected chi connectivity index (χ4v) is 2.44. The highest BCUT2D eigenvalue weighted by Gasteiger charge is 2.25. The lowest BCUT2D eigenvalue weighted by molar-refractivity contribution is -0.144. The van der Waals surface area contributed by atoms with E-state index in [-0.39, 0.29) is 12.3 Å². The molecule has 1 aliphatic rings. The van der Waals surface area contributed by atoms with Gasteiger partial charge in [-0.2, -0.15) is 0 Å². The van der Waals surface area contributed by atoms with Crippen molar-refractivity contribution in [3.8, 4) is 5.75 Å². The Hall–Kier alpha value is -2.12. The maximum absolute atomic E-state index is 12.1. The predicted molar refractivity (Wildman–Crippen MR) is 84.6 cm³/mol. The summed E-state index contributed by atoms with van der Waals surface area (Å²) in [4.78, 5) is 25.5. The van der Waals surface area contributed by atoms with Gasteiger partial charge in [0.2, 0.25) is 5.91 Å². The van der Waals surface area contributed by atoms with E-state index in [1.807, 2.05) is 4.90 Å². The minimum Gasteiger partial charge on any atom is -0.497 e. The number of morpholine rings is 1. The molecule has 7 nitrogen and oxygen atoms in total. The molecule has 1 atom stereocenters. The fourth-order valence-electron chi connectivity index (χ4n) is 2.44. The van der Waals surface area contributed by atoms with Crippen molar-refractivity contribution in [2.75, 3.05) is 45.3 Å². The summed E-state index contributed by atoms with van der Waals surface area (Å²) >= 11 is 0. The number of hydrogen-bond donors (Lipinski definition) is 2. The molecule has 2 N–H and O–H groups in total. The van der Waals surface area contributed by atoms with Crippen molar-refractivity contribution in [1.82, 2.24) is 4.90 Å². The van der Waals surface area contributed by atoms with E-state index in [4.69, 9.17) is 9.47 Å². The maximum atomic E-state index is 12.1. The number of ether oxygens (including phenoxy) is 2. The standard InChI is InChI=1S/C16H22N2O5/c1-22-14-4-2-13(3-5-14)17-15(19)10-12(16(20)21)11-18-6-8-23-9-7-18/h2-5,12H,6-11H2,1H3,(H,17,19)(H,20,21)/t12-/m0/s1. The van der Waals surface area contributed by atoms with Crippen LogP contribution in [0.4, 0.5) is 5.69 Å². The molecule has 0 radical (unpaired) electrons. The van der Waals surface area contributed by atoms with Crippen molar-refractivity contribution in [3.63, 3.8) is 0 Å². The third-order valence-electron chi connectivity index (χ3n) is 3.74. The van der Waals surface area contributed by atoms with Crippen LogP contribution in [-0.4, -0.2) is 61.8 Å². The fraction of sp³-hybridized carbons (Fsp3) is 0.500. The van der Waals surface area contributed by atoms with Crippen LogP contribution in [0.1, 0.15) is 6.42 Å². The summed E-state index contributed by atoms with van der Waals surface area (Å²) in [6.45, 7) is 2.96. The molecule has 1 amide bonds. The monoisotopic (exact) mass is 322 g/mol. The van der Waals surface area contributed by atoms with Gasteiger partial charge in [0.25, 0.3) is 0 Å². The van der Waals surface area contributed by atoms with Crippen LogP contribution in [0.15, 0.2) is 24.3 Å². The molecule has 1 aliphatic heterocycles. The number of hydrogen-bond acceptors (Lipinski definition) is 5. The number of amides is 1. The van der Waals surface area contributed by atoms with E-state index >= 15 is 0 Å². The second kappa shape index (κ2) is 8.50. The van der Waals surface area contributed by atoms with Crippen LogP contribution < -0.4 is 10.1 Å². The second-order valence-electron chi connectivity index (χ2n) is 5.43. The third-order valence-corrected chi connectivity index (χ3v) is 3.74.